The standard InChI is InChI=1S/C6H9N3O2S/c1-3-4-7-8-5(9(10)11)6(8)12-2/h1,5-7H,4H2,2H3. The van der Waals surface area contributed by atoms with Gasteiger partial charge in [-0.1, -0.05) is 5.92 Å². The summed E-state index contributed by atoms with van der Waals surface area (Å²) < 4.78 is 0. The third-order valence-corrected chi connectivity index (χ3v) is 2.50. The minimum Gasteiger partial charge on any atom is -0.263 e. The van der Waals surface area contributed by atoms with Crippen molar-refractivity contribution in [2.24, 2.45) is 0 Å². The second-order valence-electron chi connectivity index (χ2n) is 2.27. The van der Waals surface area contributed by atoms with E-state index in [1.807, 2.05) is 6.26 Å². The molecule has 0 spiro atoms. The number of hydrazine groups is 1. The van der Waals surface area contributed by atoms with Crippen LogP contribution in [0.1, 0.15) is 0 Å². The first-order valence-electron chi connectivity index (χ1n) is 3.34. The molecule has 3 atom stereocenters. The van der Waals surface area contributed by atoms with Gasteiger partial charge in [-0.2, -0.15) is 5.01 Å². The number of nitrogens with zero attached hydrogens (tertiary/aromatic N) is 2. The van der Waals surface area contributed by atoms with E-state index in [1.54, 1.807) is 5.01 Å². The van der Waals surface area contributed by atoms with Crippen LogP contribution in [0, 0.1) is 22.5 Å². The molecular formula is C6H9N3O2S. The summed E-state index contributed by atoms with van der Waals surface area (Å²) >= 11 is 1.44. The van der Waals surface area contributed by atoms with Gasteiger partial charge in [0.25, 0.3) is 0 Å². The minimum absolute atomic E-state index is 0.0756. The van der Waals surface area contributed by atoms with Crippen LogP contribution in [0.5, 0.6) is 0 Å². The zero-order valence-corrected chi connectivity index (χ0v) is 7.37. The van der Waals surface area contributed by atoms with Crippen molar-refractivity contribution in [3.8, 4) is 12.3 Å². The average molecular weight is 187 g/mol. The van der Waals surface area contributed by atoms with Gasteiger partial charge in [-0.05, 0) is 6.26 Å². The fourth-order valence-corrected chi connectivity index (χ4v) is 1.79. The van der Waals surface area contributed by atoms with Crippen LogP contribution in [-0.4, -0.2) is 34.3 Å². The van der Waals surface area contributed by atoms with E-state index in [4.69, 9.17) is 6.42 Å². The molecule has 0 aromatic rings. The van der Waals surface area contributed by atoms with Gasteiger partial charge in [0.15, 0.2) is 5.37 Å². The molecule has 1 fully saturated rings. The minimum atomic E-state index is -0.617. The quantitative estimate of drug-likeness (QED) is 0.284. The highest BCUT2D eigenvalue weighted by molar-refractivity contribution is 7.99. The summed E-state index contributed by atoms with van der Waals surface area (Å²) in [7, 11) is 0. The van der Waals surface area contributed by atoms with Crippen molar-refractivity contribution in [1.29, 1.82) is 0 Å². The Bertz CT molecular complexity index is 227. The number of nitro groups is 1. The summed E-state index contributed by atoms with van der Waals surface area (Å²) in [6.07, 6.45) is 6.21. The fraction of sp³-hybridized carbons (Fsp3) is 0.667. The van der Waals surface area contributed by atoms with Gasteiger partial charge in [0, 0.05) is 4.92 Å². The molecule has 1 saturated heterocycles. The number of thioether (sulfide) groups is 1. The molecule has 6 heteroatoms. The maximum Gasteiger partial charge on any atom is 0.308 e. The van der Waals surface area contributed by atoms with Gasteiger partial charge in [0.2, 0.25) is 0 Å². The van der Waals surface area contributed by atoms with Gasteiger partial charge < -0.3 is 0 Å². The van der Waals surface area contributed by atoms with Crippen molar-refractivity contribution in [3.63, 3.8) is 0 Å². The normalized spacial score (nSPS) is 32.5. The molecule has 1 heterocycles. The van der Waals surface area contributed by atoms with Crippen LogP contribution >= 0.6 is 11.8 Å². The van der Waals surface area contributed by atoms with Crippen LogP contribution < -0.4 is 5.43 Å². The third-order valence-electron chi connectivity index (χ3n) is 1.55. The Morgan fingerprint density at radius 3 is 2.92 bits per heavy atom. The van der Waals surface area contributed by atoms with Crippen molar-refractivity contribution in [2.75, 3.05) is 12.8 Å². The van der Waals surface area contributed by atoms with Crippen LogP contribution in [0.25, 0.3) is 0 Å². The summed E-state index contributed by atoms with van der Waals surface area (Å²) in [5.41, 5.74) is 2.77. The Kier molecular flexibility index (Phi) is 2.92. The SMILES string of the molecule is C#CCNN1C(SC)C1[N+](=O)[O-]. The smallest absolute Gasteiger partial charge is 0.263 e. The highest BCUT2D eigenvalue weighted by atomic mass is 32.2. The van der Waals surface area contributed by atoms with E-state index in [9.17, 15) is 10.1 Å². The molecular weight excluding hydrogens is 178 g/mol. The monoisotopic (exact) mass is 187 g/mol. The van der Waals surface area contributed by atoms with Gasteiger partial charge >= 0.3 is 6.17 Å². The molecule has 3 unspecified atom stereocenters. The maximum atomic E-state index is 10.4. The number of hydrogen-bond acceptors (Lipinski definition) is 5. The van der Waals surface area contributed by atoms with E-state index in [1.165, 1.54) is 11.8 Å². The van der Waals surface area contributed by atoms with Gasteiger partial charge in [-0.25, -0.2) is 5.43 Å². The lowest BCUT2D eigenvalue weighted by Crippen LogP contribution is -2.26. The van der Waals surface area contributed by atoms with E-state index in [2.05, 4.69) is 11.3 Å². The number of nitrogens with one attached hydrogen (secondary N) is 1. The predicted octanol–water partition coefficient (Wildman–Crippen LogP) is -0.268. The Hall–Kier alpha value is -0.770. The second kappa shape index (κ2) is 3.76. The summed E-state index contributed by atoms with van der Waals surface area (Å²) in [4.78, 5) is 10.0. The van der Waals surface area contributed by atoms with Crippen molar-refractivity contribution in [3.05, 3.63) is 10.1 Å². The predicted molar refractivity (Wildman–Crippen MR) is 46.8 cm³/mol. The molecule has 0 aliphatic carbocycles. The summed E-state index contributed by atoms with van der Waals surface area (Å²) in [5.74, 6) is 2.36. The first-order valence-corrected chi connectivity index (χ1v) is 4.62. The van der Waals surface area contributed by atoms with E-state index in [0.29, 0.717) is 6.54 Å². The van der Waals surface area contributed by atoms with Gasteiger partial charge in [-0.3, -0.25) is 10.1 Å². The maximum absolute atomic E-state index is 10.4. The van der Waals surface area contributed by atoms with E-state index >= 15 is 0 Å². The molecule has 0 saturated carbocycles. The highest BCUT2D eigenvalue weighted by Crippen LogP contribution is 2.33. The first kappa shape index (κ1) is 9.32. The summed E-state index contributed by atoms with van der Waals surface area (Å²) in [6.45, 7) is 0.335. The highest BCUT2D eigenvalue weighted by Gasteiger charge is 2.58. The molecule has 0 amide bonds. The molecule has 1 rings (SSSR count). The lowest BCUT2D eigenvalue weighted by molar-refractivity contribution is -0.507. The molecule has 1 aliphatic heterocycles. The number of terminal acetylenes is 1. The molecule has 0 radical (unpaired) electrons. The van der Waals surface area contributed by atoms with Crippen molar-refractivity contribution >= 4 is 11.8 Å². The van der Waals surface area contributed by atoms with Crippen LogP contribution in [0.2, 0.25) is 0 Å². The zero-order chi connectivity index (χ0) is 9.14. The zero-order valence-electron chi connectivity index (χ0n) is 6.56. The molecule has 0 bridgehead atoms. The first-order chi connectivity index (χ1) is 5.72. The lowest BCUT2D eigenvalue weighted by Gasteiger charge is -1.96. The van der Waals surface area contributed by atoms with Crippen LogP contribution in [0.3, 0.4) is 0 Å². The van der Waals surface area contributed by atoms with Crippen LogP contribution in [0.15, 0.2) is 0 Å². The molecule has 66 valence electrons. The second-order valence-corrected chi connectivity index (χ2v) is 3.23. The van der Waals surface area contributed by atoms with Crippen molar-refractivity contribution < 1.29 is 4.92 Å². The summed E-state index contributed by atoms with van der Waals surface area (Å²) in [6, 6.07) is 0. The average Bonchev–Trinajstić information content (AvgIpc) is 2.74. The Balaban J connectivity index is 2.38. The largest absolute Gasteiger partial charge is 0.308 e. The molecule has 12 heavy (non-hydrogen) atoms. The Morgan fingerprint density at radius 2 is 2.58 bits per heavy atom. The molecule has 1 aliphatic rings. The number of hydrogen-bond donors (Lipinski definition) is 1. The van der Waals surface area contributed by atoms with E-state index in [-0.39, 0.29) is 10.3 Å². The van der Waals surface area contributed by atoms with Crippen molar-refractivity contribution in [1.82, 2.24) is 10.4 Å². The van der Waals surface area contributed by atoms with Crippen LogP contribution in [0.4, 0.5) is 0 Å². The molecule has 0 aromatic heterocycles. The topological polar surface area (TPSA) is 58.2 Å². The lowest BCUT2D eigenvalue weighted by atomic mass is 10.7. The Labute approximate surface area is 74.6 Å². The van der Waals surface area contributed by atoms with Crippen molar-refractivity contribution in [2.45, 2.75) is 11.5 Å². The van der Waals surface area contributed by atoms with E-state index in [0.717, 1.165) is 0 Å². The molecule has 1 N–H and O–H groups in total. The van der Waals surface area contributed by atoms with Gasteiger partial charge in [-0.15, -0.1) is 18.2 Å². The number of rotatable bonds is 4. The summed E-state index contributed by atoms with van der Waals surface area (Å²) in [5, 5.41) is 11.8. The Morgan fingerprint density at radius 1 is 1.92 bits per heavy atom. The fourth-order valence-electron chi connectivity index (χ4n) is 0.959. The molecule has 0 aromatic carbocycles. The van der Waals surface area contributed by atoms with E-state index < -0.39 is 6.17 Å². The third kappa shape index (κ3) is 1.69. The van der Waals surface area contributed by atoms with Crippen LogP contribution in [-0.2, 0) is 0 Å². The molecule has 5 nitrogen and oxygen atoms in total. The van der Waals surface area contributed by atoms with Gasteiger partial charge in [0.1, 0.15) is 0 Å². The van der Waals surface area contributed by atoms with Gasteiger partial charge in [0.05, 0.1) is 6.54 Å².